The van der Waals surface area contributed by atoms with Crippen LogP contribution in [0.4, 0.5) is 5.69 Å². The van der Waals surface area contributed by atoms with E-state index in [1.165, 1.54) is 12.3 Å². The van der Waals surface area contributed by atoms with Crippen LogP contribution in [0.3, 0.4) is 0 Å². The Morgan fingerprint density at radius 3 is 2.78 bits per heavy atom. The van der Waals surface area contributed by atoms with Gasteiger partial charge in [0.15, 0.2) is 5.75 Å². The summed E-state index contributed by atoms with van der Waals surface area (Å²) in [5.41, 5.74) is 0.752. The van der Waals surface area contributed by atoms with Gasteiger partial charge in [0.25, 0.3) is 0 Å². The maximum Gasteiger partial charge on any atom is 0.198 e. The Bertz CT molecular complexity index is 200. The highest BCUT2D eigenvalue weighted by atomic mass is 16.3. The van der Waals surface area contributed by atoms with E-state index < -0.39 is 0 Å². The van der Waals surface area contributed by atoms with Crippen molar-refractivity contribution in [3.63, 3.8) is 0 Å². The van der Waals surface area contributed by atoms with Gasteiger partial charge in [0.2, 0.25) is 0 Å². The number of hydrogen-bond donors (Lipinski definition) is 1. The van der Waals surface area contributed by atoms with E-state index in [2.05, 4.69) is 10.3 Å². The molecule has 0 fully saturated rings. The number of rotatable bonds is 1. The van der Waals surface area contributed by atoms with Crippen LogP contribution in [0.2, 0.25) is 0 Å². The summed E-state index contributed by atoms with van der Waals surface area (Å²) in [6.45, 7) is 0. The lowest BCUT2D eigenvalue weighted by molar-refractivity contribution is 0.353. The third-order valence-electron chi connectivity index (χ3n) is 1.00. The summed E-state index contributed by atoms with van der Waals surface area (Å²) in [7, 11) is 1.75. The molecule has 0 bridgehead atoms. The third kappa shape index (κ3) is 1.32. The van der Waals surface area contributed by atoms with Crippen LogP contribution in [0.1, 0.15) is 0 Å². The molecule has 0 atom stereocenters. The maximum atomic E-state index is 10.5. The fourth-order valence-corrected chi connectivity index (χ4v) is 0.556. The molecule has 47 valence electrons. The van der Waals surface area contributed by atoms with Gasteiger partial charge in [-0.3, -0.25) is 10.1 Å². The van der Waals surface area contributed by atoms with Crippen LogP contribution >= 0.6 is 0 Å². The van der Waals surface area contributed by atoms with Gasteiger partial charge in [0.1, 0.15) is 0 Å². The molecule has 1 N–H and O–H groups in total. The quantitative estimate of drug-likeness (QED) is 0.611. The molecule has 1 radical (unpaired) electrons. The average Bonchev–Trinajstić information content (AvgIpc) is 1.88. The van der Waals surface area contributed by atoms with Gasteiger partial charge in [0, 0.05) is 13.1 Å². The van der Waals surface area contributed by atoms with E-state index in [-0.39, 0.29) is 5.75 Å². The molecular formula is C6H7N2O. The van der Waals surface area contributed by atoms with E-state index in [1.54, 1.807) is 13.2 Å². The normalized spacial score (nSPS) is 9.00. The number of hydrogen-bond acceptors (Lipinski definition) is 2. The highest BCUT2D eigenvalue weighted by Gasteiger charge is 1.90. The number of pyridine rings is 1. The lowest BCUT2D eigenvalue weighted by Crippen LogP contribution is -1.86. The Morgan fingerprint density at radius 2 is 2.33 bits per heavy atom. The van der Waals surface area contributed by atoms with Crippen molar-refractivity contribution in [3.8, 4) is 5.75 Å². The van der Waals surface area contributed by atoms with Gasteiger partial charge in [0.05, 0.1) is 18.1 Å². The van der Waals surface area contributed by atoms with Crippen LogP contribution in [0, 0.1) is 0 Å². The zero-order valence-corrected chi connectivity index (χ0v) is 5.09. The maximum absolute atomic E-state index is 10.5. The van der Waals surface area contributed by atoms with Crippen LogP contribution in [0.25, 0.3) is 0 Å². The number of nitrogens with one attached hydrogen (secondary N) is 1. The highest BCUT2D eigenvalue weighted by Crippen LogP contribution is 2.12. The fraction of sp³-hybridized carbons (Fsp3) is 0.167. The molecule has 3 heteroatoms. The van der Waals surface area contributed by atoms with Gasteiger partial charge < -0.3 is 5.32 Å². The molecule has 0 saturated carbocycles. The van der Waals surface area contributed by atoms with Crippen molar-refractivity contribution in [3.05, 3.63) is 18.5 Å². The lowest BCUT2D eigenvalue weighted by Gasteiger charge is -1.94. The molecule has 0 aliphatic rings. The smallest absolute Gasteiger partial charge is 0.198 e. The van der Waals surface area contributed by atoms with Gasteiger partial charge in [-0.25, -0.2) is 0 Å². The summed E-state index contributed by atoms with van der Waals surface area (Å²) in [6.07, 6.45) is 2.88. The molecule has 0 spiro atoms. The molecule has 0 amide bonds. The topological polar surface area (TPSA) is 44.8 Å². The molecule has 0 aliphatic carbocycles. The van der Waals surface area contributed by atoms with E-state index in [9.17, 15) is 5.11 Å². The molecule has 0 unspecified atom stereocenters. The van der Waals surface area contributed by atoms with Crippen molar-refractivity contribution >= 4 is 5.69 Å². The van der Waals surface area contributed by atoms with Gasteiger partial charge in [-0.05, 0) is 0 Å². The van der Waals surface area contributed by atoms with E-state index in [0.717, 1.165) is 5.69 Å². The molecule has 0 aliphatic heterocycles. The third-order valence-corrected chi connectivity index (χ3v) is 1.00. The first-order valence-corrected chi connectivity index (χ1v) is 2.63. The zero-order valence-electron chi connectivity index (χ0n) is 5.09. The first-order valence-electron chi connectivity index (χ1n) is 2.63. The van der Waals surface area contributed by atoms with Crippen molar-refractivity contribution < 1.29 is 5.11 Å². The predicted octanol–water partition coefficient (Wildman–Crippen LogP) is 1.27. The first-order chi connectivity index (χ1) is 4.33. The molecule has 0 saturated heterocycles. The second-order valence-electron chi connectivity index (χ2n) is 1.66. The van der Waals surface area contributed by atoms with Crippen molar-refractivity contribution in [2.45, 2.75) is 0 Å². The minimum Gasteiger partial charge on any atom is -0.387 e. The summed E-state index contributed by atoms with van der Waals surface area (Å²) < 4.78 is 0. The minimum absolute atomic E-state index is 0.0677. The summed E-state index contributed by atoms with van der Waals surface area (Å²) >= 11 is 0. The Hall–Kier alpha value is -1.25. The van der Waals surface area contributed by atoms with Crippen molar-refractivity contribution in [2.24, 2.45) is 0 Å². The minimum atomic E-state index is -0.0677. The van der Waals surface area contributed by atoms with Crippen LogP contribution < -0.4 is 5.32 Å². The number of nitrogens with zero attached hydrogens (tertiary/aromatic N) is 1. The molecular weight excluding hydrogens is 116 g/mol. The largest absolute Gasteiger partial charge is 0.387 e. The van der Waals surface area contributed by atoms with Crippen LogP contribution in [-0.2, 0) is 5.11 Å². The van der Waals surface area contributed by atoms with Crippen LogP contribution in [-0.4, -0.2) is 12.0 Å². The zero-order chi connectivity index (χ0) is 6.69. The first kappa shape index (κ1) is 5.88. The second kappa shape index (κ2) is 2.35. The second-order valence-corrected chi connectivity index (χ2v) is 1.66. The van der Waals surface area contributed by atoms with E-state index in [0.29, 0.717) is 0 Å². The van der Waals surface area contributed by atoms with E-state index in [1.807, 2.05) is 0 Å². The van der Waals surface area contributed by atoms with Crippen molar-refractivity contribution in [1.29, 1.82) is 0 Å². The number of aromatic nitrogens is 1. The predicted molar refractivity (Wildman–Crippen MR) is 33.9 cm³/mol. The molecule has 1 heterocycles. The fourth-order valence-electron chi connectivity index (χ4n) is 0.556. The number of anilines is 1. The van der Waals surface area contributed by atoms with E-state index >= 15 is 0 Å². The summed E-state index contributed by atoms with van der Waals surface area (Å²) in [4.78, 5) is 3.68. The molecule has 1 rings (SSSR count). The van der Waals surface area contributed by atoms with E-state index in [4.69, 9.17) is 0 Å². The summed E-state index contributed by atoms with van der Waals surface area (Å²) in [6, 6.07) is 1.49. The van der Waals surface area contributed by atoms with Gasteiger partial charge in [-0.1, -0.05) is 0 Å². The highest BCUT2D eigenvalue weighted by molar-refractivity contribution is 5.43. The Morgan fingerprint density at radius 1 is 1.56 bits per heavy atom. The Kier molecular flexibility index (Phi) is 1.53. The van der Waals surface area contributed by atoms with Gasteiger partial charge in [-0.15, -0.1) is 0 Å². The van der Waals surface area contributed by atoms with Crippen molar-refractivity contribution in [2.75, 3.05) is 12.4 Å². The molecule has 1 aromatic rings. The molecule has 0 aromatic carbocycles. The molecule has 3 nitrogen and oxygen atoms in total. The SMILES string of the molecule is CNc1cncc([O])c1. The summed E-state index contributed by atoms with van der Waals surface area (Å²) in [5.74, 6) is -0.0677. The lowest BCUT2D eigenvalue weighted by atomic mass is 10.4. The Balaban J connectivity index is 2.94. The standard InChI is InChI=1S/C6H7N2O/c1-7-5-2-6(9)4-8-3-5/h2-4,7H,1H3. The monoisotopic (exact) mass is 123 g/mol. The molecule has 9 heavy (non-hydrogen) atoms. The summed E-state index contributed by atoms with van der Waals surface area (Å²) in [5, 5.41) is 13.4. The van der Waals surface area contributed by atoms with Gasteiger partial charge in [-0.2, -0.15) is 0 Å². The van der Waals surface area contributed by atoms with Crippen LogP contribution in [0.15, 0.2) is 18.5 Å². The Labute approximate surface area is 53.4 Å². The molecule has 1 aromatic heterocycles. The van der Waals surface area contributed by atoms with Crippen molar-refractivity contribution in [1.82, 2.24) is 4.98 Å². The average molecular weight is 123 g/mol. The van der Waals surface area contributed by atoms with Crippen LogP contribution in [0.5, 0.6) is 5.75 Å². The van der Waals surface area contributed by atoms with Gasteiger partial charge >= 0.3 is 0 Å².